The molecule has 2 aliphatic rings. The zero-order chi connectivity index (χ0) is 18.4. The molecule has 1 aromatic heterocycles. The molecule has 0 aliphatic carbocycles. The van der Waals surface area contributed by atoms with Crippen LogP contribution < -0.4 is 0 Å². The summed E-state index contributed by atoms with van der Waals surface area (Å²) in [5.41, 5.74) is 3.42. The normalized spacial score (nSPS) is 25.5. The van der Waals surface area contributed by atoms with E-state index in [1.165, 1.54) is 5.56 Å². The maximum atomic E-state index is 12.0. The monoisotopic (exact) mass is 390 g/mol. The Bertz CT molecular complexity index is 887. The summed E-state index contributed by atoms with van der Waals surface area (Å²) in [6.45, 7) is 6.14. The van der Waals surface area contributed by atoms with Crippen LogP contribution in [0.4, 0.5) is 0 Å². The molecule has 2 aliphatic heterocycles. The molecule has 6 heteroatoms. The Balaban J connectivity index is 1.50. The second-order valence-electron chi connectivity index (χ2n) is 8.01. The fraction of sp³-hybridized carbons (Fsp3) is 0.550. The van der Waals surface area contributed by atoms with Gasteiger partial charge < -0.3 is 0 Å². The first-order valence-corrected chi connectivity index (χ1v) is 12.1. The average Bonchev–Trinajstić information content (AvgIpc) is 3.29. The predicted octanol–water partition coefficient (Wildman–Crippen LogP) is 4.09. The van der Waals surface area contributed by atoms with Gasteiger partial charge in [0.05, 0.1) is 17.2 Å². The van der Waals surface area contributed by atoms with Crippen LogP contribution in [0.25, 0.3) is 10.6 Å². The third kappa shape index (κ3) is 3.47. The molecular formula is C20H26N2O2S2. The topological polar surface area (TPSA) is 50.3 Å². The summed E-state index contributed by atoms with van der Waals surface area (Å²) in [5.74, 6) is 1.20. The molecule has 2 aromatic rings. The van der Waals surface area contributed by atoms with Crippen molar-refractivity contribution in [2.45, 2.75) is 51.1 Å². The van der Waals surface area contributed by atoms with Crippen molar-refractivity contribution in [3.8, 4) is 10.6 Å². The first kappa shape index (κ1) is 18.1. The number of aromatic nitrogens is 1. The van der Waals surface area contributed by atoms with Crippen molar-refractivity contribution in [2.24, 2.45) is 0 Å². The fourth-order valence-corrected chi connectivity index (χ4v) is 7.25. The van der Waals surface area contributed by atoms with E-state index in [1.54, 1.807) is 11.3 Å². The van der Waals surface area contributed by atoms with Crippen molar-refractivity contribution in [3.63, 3.8) is 0 Å². The minimum absolute atomic E-state index is 0.137. The fourth-order valence-electron chi connectivity index (χ4n) is 4.31. The maximum absolute atomic E-state index is 12.0. The van der Waals surface area contributed by atoms with Crippen LogP contribution in [0.5, 0.6) is 0 Å². The lowest BCUT2D eigenvalue weighted by molar-refractivity contribution is 0.152. The van der Waals surface area contributed by atoms with E-state index in [0.29, 0.717) is 17.4 Å². The van der Waals surface area contributed by atoms with Gasteiger partial charge >= 0.3 is 0 Å². The number of thiazole rings is 1. The molecule has 1 aromatic carbocycles. The number of sulfone groups is 1. The highest BCUT2D eigenvalue weighted by atomic mass is 32.2. The summed E-state index contributed by atoms with van der Waals surface area (Å²) in [6.07, 6.45) is 2.87. The van der Waals surface area contributed by atoms with Crippen molar-refractivity contribution in [1.82, 2.24) is 9.88 Å². The van der Waals surface area contributed by atoms with Gasteiger partial charge in [0.2, 0.25) is 0 Å². The van der Waals surface area contributed by atoms with Gasteiger partial charge in [-0.3, -0.25) is 4.90 Å². The van der Waals surface area contributed by atoms with E-state index in [0.717, 1.165) is 48.6 Å². The Labute approximate surface area is 160 Å². The van der Waals surface area contributed by atoms with Crippen molar-refractivity contribution >= 4 is 21.2 Å². The molecule has 3 heterocycles. The molecular weight excluding hydrogens is 364 g/mol. The molecule has 0 radical (unpaired) electrons. The van der Waals surface area contributed by atoms with Gasteiger partial charge in [-0.1, -0.05) is 38.1 Å². The Kier molecular flexibility index (Phi) is 4.70. The summed E-state index contributed by atoms with van der Waals surface area (Å²) in [5, 5.41) is 3.17. The molecule has 0 N–H and O–H groups in total. The summed E-state index contributed by atoms with van der Waals surface area (Å²) >= 11 is 1.67. The molecule has 4 rings (SSSR count). The zero-order valence-electron chi connectivity index (χ0n) is 15.4. The summed E-state index contributed by atoms with van der Waals surface area (Å²) in [6, 6.07) is 8.66. The van der Waals surface area contributed by atoms with Crippen LogP contribution in [0.15, 0.2) is 29.6 Å². The largest absolute Gasteiger partial charge is 0.291 e. The van der Waals surface area contributed by atoms with Gasteiger partial charge in [-0.05, 0) is 37.3 Å². The Morgan fingerprint density at radius 2 is 2.00 bits per heavy atom. The van der Waals surface area contributed by atoms with E-state index in [4.69, 9.17) is 4.98 Å². The minimum atomic E-state index is -2.87. The van der Waals surface area contributed by atoms with Crippen LogP contribution in [0.3, 0.4) is 0 Å². The maximum Gasteiger partial charge on any atom is 0.152 e. The second-order valence-corrected chi connectivity index (χ2v) is 11.1. The van der Waals surface area contributed by atoms with Crippen molar-refractivity contribution in [1.29, 1.82) is 0 Å². The number of nitrogens with zero attached hydrogens (tertiary/aromatic N) is 2. The summed E-state index contributed by atoms with van der Waals surface area (Å²) < 4.78 is 24.0. The van der Waals surface area contributed by atoms with E-state index in [1.807, 2.05) is 0 Å². The van der Waals surface area contributed by atoms with E-state index in [2.05, 4.69) is 48.4 Å². The number of likely N-dealkylation sites (tertiary alicyclic amines) is 1. The number of benzene rings is 1. The number of hydrogen-bond donors (Lipinski definition) is 0. The van der Waals surface area contributed by atoms with Gasteiger partial charge in [0, 0.05) is 23.0 Å². The lowest BCUT2D eigenvalue weighted by Gasteiger charge is -2.33. The molecule has 1 atom stereocenters. The lowest BCUT2D eigenvalue weighted by Crippen LogP contribution is -2.44. The molecule has 2 saturated heterocycles. The van der Waals surface area contributed by atoms with Crippen LogP contribution in [-0.4, -0.2) is 41.9 Å². The predicted molar refractivity (Wildman–Crippen MR) is 107 cm³/mol. The molecule has 0 saturated carbocycles. The van der Waals surface area contributed by atoms with Gasteiger partial charge in [-0.15, -0.1) is 11.3 Å². The Hall–Kier alpha value is -1.24. The van der Waals surface area contributed by atoms with E-state index < -0.39 is 9.84 Å². The molecule has 140 valence electrons. The molecule has 4 nitrogen and oxygen atoms in total. The number of hydrogen-bond acceptors (Lipinski definition) is 5. The average molecular weight is 391 g/mol. The van der Waals surface area contributed by atoms with E-state index >= 15 is 0 Å². The van der Waals surface area contributed by atoms with Gasteiger partial charge in [0.25, 0.3) is 0 Å². The van der Waals surface area contributed by atoms with Crippen LogP contribution in [0.1, 0.15) is 50.3 Å². The highest BCUT2D eigenvalue weighted by Crippen LogP contribution is 2.40. The van der Waals surface area contributed by atoms with E-state index in [9.17, 15) is 8.42 Å². The van der Waals surface area contributed by atoms with Crippen LogP contribution in [0, 0.1) is 0 Å². The van der Waals surface area contributed by atoms with Gasteiger partial charge in [-0.25, -0.2) is 13.4 Å². The van der Waals surface area contributed by atoms with Gasteiger partial charge in [0.15, 0.2) is 9.84 Å². The van der Waals surface area contributed by atoms with Crippen LogP contribution in [0.2, 0.25) is 0 Å². The van der Waals surface area contributed by atoms with Crippen molar-refractivity contribution in [3.05, 3.63) is 40.9 Å². The summed E-state index contributed by atoms with van der Waals surface area (Å²) in [7, 11) is -2.87. The summed E-state index contributed by atoms with van der Waals surface area (Å²) in [4.78, 5) is 7.21. The molecule has 0 bridgehead atoms. The van der Waals surface area contributed by atoms with Gasteiger partial charge in [0.1, 0.15) is 5.01 Å². The quantitative estimate of drug-likeness (QED) is 0.789. The van der Waals surface area contributed by atoms with Crippen molar-refractivity contribution in [2.75, 3.05) is 18.1 Å². The van der Waals surface area contributed by atoms with Crippen molar-refractivity contribution < 1.29 is 8.42 Å². The van der Waals surface area contributed by atoms with Crippen LogP contribution >= 0.6 is 11.3 Å². The highest BCUT2D eigenvalue weighted by Gasteiger charge is 2.48. The molecule has 1 spiro atoms. The Morgan fingerprint density at radius 1 is 1.23 bits per heavy atom. The zero-order valence-corrected chi connectivity index (χ0v) is 17.1. The molecule has 26 heavy (non-hydrogen) atoms. The third-order valence-corrected chi connectivity index (χ3v) is 8.58. The first-order valence-electron chi connectivity index (χ1n) is 9.37. The smallest absolute Gasteiger partial charge is 0.152 e. The molecule has 2 fully saturated rings. The second kappa shape index (κ2) is 6.73. The number of rotatable bonds is 4. The molecule has 1 unspecified atom stereocenters. The minimum Gasteiger partial charge on any atom is -0.291 e. The van der Waals surface area contributed by atoms with Gasteiger partial charge in [-0.2, -0.15) is 0 Å². The highest BCUT2D eigenvalue weighted by molar-refractivity contribution is 7.91. The van der Waals surface area contributed by atoms with Crippen LogP contribution in [-0.2, 0) is 16.4 Å². The SMILES string of the molecule is CC(C)c1ccc(-c2nc(CN3CCCC34CCS(=O)(=O)C4)cs2)cc1. The van der Waals surface area contributed by atoms with E-state index in [-0.39, 0.29) is 5.54 Å². The molecule has 0 amide bonds. The Morgan fingerprint density at radius 3 is 2.65 bits per heavy atom. The standard InChI is InChI=1S/C20H26N2O2S2/c1-15(2)16-4-6-17(7-5-16)19-21-18(13-25-19)12-22-10-3-8-20(22)9-11-26(23,24)14-20/h4-7,13,15H,3,8-12,14H2,1-2H3. The lowest BCUT2D eigenvalue weighted by atomic mass is 9.95. The first-order chi connectivity index (χ1) is 12.4. The third-order valence-electron chi connectivity index (χ3n) is 5.84.